The molecule has 1 aliphatic heterocycles. The normalized spacial score (nSPS) is 17.6. The van der Waals surface area contributed by atoms with Crippen LogP contribution in [0.4, 0.5) is 15.2 Å². The van der Waals surface area contributed by atoms with Crippen LogP contribution in [0.2, 0.25) is 0 Å². The summed E-state index contributed by atoms with van der Waals surface area (Å²) >= 11 is 1.18. The van der Waals surface area contributed by atoms with Crippen LogP contribution in [0.15, 0.2) is 54.0 Å². The molecule has 10 nitrogen and oxygen atoms in total. The molecule has 0 aliphatic carbocycles. The quantitative estimate of drug-likeness (QED) is 0.339. The lowest BCUT2D eigenvalue weighted by atomic mass is 10.1. The Bertz CT molecular complexity index is 1690. The minimum absolute atomic E-state index is 0.0235. The first kappa shape index (κ1) is 27.7. The van der Waals surface area contributed by atoms with Gasteiger partial charge in [-0.1, -0.05) is 18.2 Å². The lowest BCUT2D eigenvalue weighted by molar-refractivity contribution is -0.115. The van der Waals surface area contributed by atoms with Crippen LogP contribution < -0.4 is 15.5 Å². The number of morpholine rings is 1. The summed E-state index contributed by atoms with van der Waals surface area (Å²) < 4.78 is 45.6. The van der Waals surface area contributed by atoms with Gasteiger partial charge in [-0.25, -0.2) is 21.8 Å². The summed E-state index contributed by atoms with van der Waals surface area (Å²) in [5.74, 6) is -1.50. The zero-order valence-electron chi connectivity index (χ0n) is 22.0. The summed E-state index contributed by atoms with van der Waals surface area (Å²) in [6, 6.07) is 11.4. The van der Waals surface area contributed by atoms with Gasteiger partial charge in [0.2, 0.25) is 15.9 Å². The fraction of sp³-hybridized carbons (Fsp3) is 0.296. The topological polar surface area (TPSA) is 123 Å². The largest absolute Gasteiger partial charge is 0.372 e. The molecule has 1 saturated heterocycles. The number of rotatable bonds is 7. The maximum Gasteiger partial charge on any atom is 0.253 e. The first-order valence-corrected chi connectivity index (χ1v) is 15.3. The third-order valence-corrected chi connectivity index (χ3v) is 8.18. The van der Waals surface area contributed by atoms with Crippen molar-refractivity contribution in [1.29, 1.82) is 0 Å². The summed E-state index contributed by atoms with van der Waals surface area (Å²) in [7, 11) is -3.63. The Morgan fingerprint density at radius 1 is 1.15 bits per heavy atom. The number of halogens is 1. The van der Waals surface area contributed by atoms with Crippen LogP contribution >= 0.6 is 11.3 Å². The van der Waals surface area contributed by atoms with Gasteiger partial charge >= 0.3 is 0 Å². The molecule has 1 aliphatic rings. The second-order valence-electron chi connectivity index (χ2n) is 9.75. The number of fused-ring (bicyclic) bond motifs is 1. The van der Waals surface area contributed by atoms with Crippen LogP contribution in [0, 0.1) is 5.82 Å². The van der Waals surface area contributed by atoms with E-state index in [1.165, 1.54) is 29.7 Å². The van der Waals surface area contributed by atoms with Gasteiger partial charge in [0, 0.05) is 41.3 Å². The van der Waals surface area contributed by atoms with Crippen LogP contribution in [0.1, 0.15) is 24.2 Å². The number of aromatic nitrogens is 2. The number of anilines is 2. The predicted octanol–water partition coefficient (Wildman–Crippen LogP) is 3.69. The van der Waals surface area contributed by atoms with Crippen LogP contribution in [0.5, 0.6) is 0 Å². The maximum atomic E-state index is 14.5. The highest BCUT2D eigenvalue weighted by Crippen LogP contribution is 2.30. The average Bonchev–Trinajstić information content (AvgIpc) is 3.51. The molecule has 2 aromatic carbocycles. The number of amides is 2. The average molecular weight is 586 g/mol. The molecule has 40 heavy (non-hydrogen) atoms. The zero-order valence-corrected chi connectivity index (χ0v) is 23.7. The van der Waals surface area contributed by atoms with Crippen LogP contribution in [0.3, 0.4) is 0 Å². The predicted molar refractivity (Wildman–Crippen MR) is 153 cm³/mol. The smallest absolute Gasteiger partial charge is 0.253 e. The number of para-hydroxylation sites is 1. The molecule has 0 unspecified atom stereocenters. The van der Waals surface area contributed by atoms with E-state index in [4.69, 9.17) is 4.74 Å². The fourth-order valence-corrected chi connectivity index (χ4v) is 6.33. The van der Waals surface area contributed by atoms with E-state index < -0.39 is 27.7 Å². The van der Waals surface area contributed by atoms with E-state index in [0.29, 0.717) is 40.4 Å². The van der Waals surface area contributed by atoms with Crippen LogP contribution in [-0.2, 0) is 19.6 Å². The van der Waals surface area contributed by atoms with Gasteiger partial charge in [-0.2, -0.15) is 0 Å². The number of nitrogens with zero attached hydrogens (tertiary/aromatic N) is 3. The molecule has 2 atom stereocenters. The first-order valence-electron chi connectivity index (χ1n) is 12.5. The van der Waals surface area contributed by atoms with Crippen molar-refractivity contribution in [2.24, 2.45) is 0 Å². The van der Waals surface area contributed by atoms with Crippen molar-refractivity contribution in [3.05, 3.63) is 65.4 Å². The van der Waals surface area contributed by atoms with Gasteiger partial charge in [0.25, 0.3) is 5.91 Å². The monoisotopic (exact) mass is 585 g/mol. The van der Waals surface area contributed by atoms with Crippen molar-refractivity contribution in [3.63, 3.8) is 0 Å². The van der Waals surface area contributed by atoms with Crippen molar-refractivity contribution >= 4 is 54.9 Å². The Morgan fingerprint density at radius 3 is 2.60 bits per heavy atom. The van der Waals surface area contributed by atoms with Crippen molar-refractivity contribution < 1.29 is 27.1 Å². The molecular weight excluding hydrogens is 557 g/mol. The Morgan fingerprint density at radius 2 is 1.88 bits per heavy atom. The number of thiazole rings is 1. The number of carbonyl (C=O) groups excluding carboxylic acids is 2. The van der Waals surface area contributed by atoms with Gasteiger partial charge in [-0.15, -0.1) is 11.3 Å². The third kappa shape index (κ3) is 6.01. The molecular formula is C27H28FN5O5S2. The van der Waals surface area contributed by atoms with Crippen molar-refractivity contribution in [1.82, 2.24) is 14.3 Å². The second-order valence-corrected chi connectivity index (χ2v) is 12.5. The van der Waals surface area contributed by atoms with Gasteiger partial charge in [-0.05, 0) is 38.1 Å². The molecule has 0 radical (unpaired) electrons. The van der Waals surface area contributed by atoms with Gasteiger partial charge < -0.3 is 20.3 Å². The van der Waals surface area contributed by atoms with E-state index in [9.17, 15) is 22.4 Å². The molecule has 0 spiro atoms. The van der Waals surface area contributed by atoms with Gasteiger partial charge in [-0.3, -0.25) is 9.59 Å². The van der Waals surface area contributed by atoms with E-state index in [0.717, 1.165) is 15.9 Å². The summed E-state index contributed by atoms with van der Waals surface area (Å²) in [6.45, 7) is 4.89. The number of hydrogen-bond acceptors (Lipinski definition) is 8. The SMILES string of the molecule is C[C@@H]1CN(c2cc(F)cc(-c3csc(NC(=O)CNC(=O)c4cn(S(C)(=O)=O)c5ccccc45)n3)c2)C[C@H](C)O1. The third-order valence-electron chi connectivity index (χ3n) is 6.40. The molecule has 13 heteroatoms. The molecule has 0 saturated carbocycles. The van der Waals surface area contributed by atoms with Crippen LogP contribution in [-0.4, -0.2) is 67.3 Å². The summed E-state index contributed by atoms with van der Waals surface area (Å²) in [6.07, 6.45) is 2.34. The van der Waals surface area contributed by atoms with E-state index in [-0.39, 0.29) is 24.3 Å². The van der Waals surface area contributed by atoms with Crippen LogP contribution in [0.25, 0.3) is 22.2 Å². The van der Waals surface area contributed by atoms with Gasteiger partial charge in [0.1, 0.15) is 5.82 Å². The summed E-state index contributed by atoms with van der Waals surface area (Å²) in [5.41, 5.74) is 2.32. The second kappa shape index (κ2) is 11.0. The molecule has 5 rings (SSSR count). The highest BCUT2D eigenvalue weighted by Gasteiger charge is 2.24. The summed E-state index contributed by atoms with van der Waals surface area (Å²) in [4.78, 5) is 31.9. The number of benzene rings is 2. The molecule has 210 valence electrons. The molecule has 0 bridgehead atoms. The molecule has 3 heterocycles. The lowest BCUT2D eigenvalue weighted by Gasteiger charge is -2.37. The molecule has 2 N–H and O–H groups in total. The first-order chi connectivity index (χ1) is 19.0. The molecule has 4 aromatic rings. The fourth-order valence-electron chi connectivity index (χ4n) is 4.78. The highest BCUT2D eigenvalue weighted by molar-refractivity contribution is 7.89. The summed E-state index contributed by atoms with van der Waals surface area (Å²) in [5, 5.41) is 7.63. The molecule has 2 aromatic heterocycles. The Kier molecular flexibility index (Phi) is 7.62. The Balaban J connectivity index is 1.25. The van der Waals surface area contributed by atoms with E-state index in [1.54, 1.807) is 29.6 Å². The van der Waals surface area contributed by atoms with Crippen molar-refractivity contribution in [2.75, 3.05) is 36.1 Å². The molecule has 1 fully saturated rings. The van der Waals surface area contributed by atoms with Gasteiger partial charge in [0.15, 0.2) is 5.13 Å². The highest BCUT2D eigenvalue weighted by atomic mass is 32.2. The Hall–Kier alpha value is -3.81. The minimum Gasteiger partial charge on any atom is -0.372 e. The zero-order chi connectivity index (χ0) is 28.6. The minimum atomic E-state index is -3.63. The van der Waals surface area contributed by atoms with E-state index in [2.05, 4.69) is 20.5 Å². The standard InChI is InChI=1S/C27H28FN5O5S2/c1-16-12-32(13-17(2)38-16)20-9-18(8-19(28)10-20)23-15-39-27(30-23)31-25(34)11-29-26(35)22-14-33(40(3,36)37)24-7-5-4-6-21(22)24/h4-10,14-17H,11-13H2,1-3H3,(H,29,35)(H,30,31,34)/t16-,17+. The number of hydrogen-bond donors (Lipinski definition) is 2. The Labute approximate surface area is 234 Å². The lowest BCUT2D eigenvalue weighted by Crippen LogP contribution is -2.45. The molecule has 2 amide bonds. The maximum absolute atomic E-state index is 14.5. The van der Waals surface area contributed by atoms with E-state index in [1.807, 2.05) is 19.9 Å². The van der Waals surface area contributed by atoms with Crippen molar-refractivity contribution in [3.8, 4) is 11.3 Å². The number of nitrogens with one attached hydrogen (secondary N) is 2. The van der Waals surface area contributed by atoms with E-state index >= 15 is 0 Å². The van der Waals surface area contributed by atoms with Crippen molar-refractivity contribution in [2.45, 2.75) is 26.1 Å². The number of ether oxygens (including phenoxy) is 1. The number of carbonyl (C=O) groups is 2. The van der Waals surface area contributed by atoms with Gasteiger partial charge in [0.05, 0.1) is 41.8 Å².